The Morgan fingerprint density at radius 1 is 1.17 bits per heavy atom. The van der Waals surface area contributed by atoms with Crippen LogP contribution in [0.25, 0.3) is 0 Å². The molecule has 0 spiro atoms. The highest BCUT2D eigenvalue weighted by Crippen LogP contribution is 2.24. The first-order chi connectivity index (χ1) is 11.4. The van der Waals surface area contributed by atoms with Gasteiger partial charge in [-0.15, -0.1) is 0 Å². The van der Waals surface area contributed by atoms with Crippen molar-refractivity contribution in [2.45, 2.75) is 26.8 Å². The van der Waals surface area contributed by atoms with Crippen molar-refractivity contribution in [1.29, 1.82) is 0 Å². The fraction of sp³-hybridized carbons (Fsp3) is 0.263. The van der Waals surface area contributed by atoms with Gasteiger partial charge in [0.25, 0.3) is 0 Å². The molecule has 2 N–H and O–H groups in total. The monoisotopic (exact) mass is 326 g/mol. The van der Waals surface area contributed by atoms with Gasteiger partial charge in [-0.1, -0.05) is 24.3 Å². The zero-order chi connectivity index (χ0) is 17.7. The Bertz CT molecular complexity index is 743. The lowest BCUT2D eigenvalue weighted by molar-refractivity contribution is 0.101. The van der Waals surface area contributed by atoms with Crippen molar-refractivity contribution in [2.24, 2.45) is 0 Å². The summed E-state index contributed by atoms with van der Waals surface area (Å²) in [5, 5.41) is 12.4. The fourth-order valence-corrected chi connectivity index (χ4v) is 2.57. The minimum Gasteiger partial charge on any atom is -0.508 e. The van der Waals surface area contributed by atoms with Crippen LogP contribution in [-0.2, 0) is 0 Å². The van der Waals surface area contributed by atoms with E-state index in [1.54, 1.807) is 47.4 Å². The number of Topliss-reactive ketones (excluding diaryl/α,β-unsaturated/α-hetero) is 1. The number of phenolic OH excluding ortho intramolecular Hbond substituents is 1. The molecule has 0 aliphatic rings. The van der Waals surface area contributed by atoms with Crippen LogP contribution in [0.4, 0.5) is 10.5 Å². The summed E-state index contributed by atoms with van der Waals surface area (Å²) < 4.78 is 0. The lowest BCUT2D eigenvalue weighted by Crippen LogP contribution is -2.36. The van der Waals surface area contributed by atoms with Crippen molar-refractivity contribution in [3.63, 3.8) is 0 Å². The molecular formula is C19H22N2O3. The number of aromatic hydroxyl groups is 1. The van der Waals surface area contributed by atoms with Gasteiger partial charge in [-0.3, -0.25) is 4.79 Å². The largest absolute Gasteiger partial charge is 0.508 e. The van der Waals surface area contributed by atoms with E-state index in [1.807, 2.05) is 19.9 Å². The smallest absolute Gasteiger partial charge is 0.322 e. The highest BCUT2D eigenvalue weighted by Gasteiger charge is 2.20. The molecule has 0 heterocycles. The zero-order valence-corrected chi connectivity index (χ0v) is 14.1. The van der Waals surface area contributed by atoms with Crippen molar-refractivity contribution in [3.05, 3.63) is 59.7 Å². The summed E-state index contributed by atoms with van der Waals surface area (Å²) in [7, 11) is 0. The van der Waals surface area contributed by atoms with Crippen LogP contribution in [0.15, 0.2) is 48.5 Å². The Labute approximate surface area is 141 Å². The average molecular weight is 326 g/mol. The number of hydrogen-bond acceptors (Lipinski definition) is 3. The van der Waals surface area contributed by atoms with Gasteiger partial charge in [0, 0.05) is 17.8 Å². The predicted molar refractivity (Wildman–Crippen MR) is 94.4 cm³/mol. The molecule has 0 aromatic heterocycles. The van der Waals surface area contributed by atoms with Gasteiger partial charge in [-0.25, -0.2) is 4.79 Å². The predicted octanol–water partition coefficient (Wildman–Crippen LogP) is 4.21. The molecule has 1 unspecified atom stereocenters. The highest BCUT2D eigenvalue weighted by atomic mass is 16.3. The van der Waals surface area contributed by atoms with Gasteiger partial charge in [-0.2, -0.15) is 0 Å². The second-order valence-electron chi connectivity index (χ2n) is 5.62. The third-order valence-corrected chi connectivity index (χ3v) is 3.94. The second kappa shape index (κ2) is 7.64. The van der Waals surface area contributed by atoms with Crippen LogP contribution in [0.2, 0.25) is 0 Å². The normalized spacial score (nSPS) is 11.6. The molecule has 0 saturated carbocycles. The summed E-state index contributed by atoms with van der Waals surface area (Å²) >= 11 is 0. The van der Waals surface area contributed by atoms with E-state index in [9.17, 15) is 14.7 Å². The number of nitrogens with one attached hydrogen (secondary N) is 1. The van der Waals surface area contributed by atoms with E-state index in [2.05, 4.69) is 5.32 Å². The van der Waals surface area contributed by atoms with Crippen molar-refractivity contribution in [3.8, 4) is 5.75 Å². The van der Waals surface area contributed by atoms with Gasteiger partial charge in [0.15, 0.2) is 5.78 Å². The van der Waals surface area contributed by atoms with Crippen molar-refractivity contribution in [2.75, 3.05) is 11.9 Å². The Morgan fingerprint density at radius 2 is 1.88 bits per heavy atom. The molecule has 0 aliphatic carbocycles. The van der Waals surface area contributed by atoms with Crippen LogP contribution in [0.3, 0.4) is 0 Å². The van der Waals surface area contributed by atoms with Gasteiger partial charge in [0.05, 0.1) is 6.04 Å². The number of carbonyl (C=O) groups is 2. The van der Waals surface area contributed by atoms with Crippen molar-refractivity contribution >= 4 is 17.5 Å². The summed E-state index contributed by atoms with van der Waals surface area (Å²) in [6.45, 7) is 5.80. The van der Waals surface area contributed by atoms with Gasteiger partial charge in [0.1, 0.15) is 5.75 Å². The first kappa shape index (κ1) is 17.5. The van der Waals surface area contributed by atoms with Crippen molar-refractivity contribution in [1.82, 2.24) is 4.90 Å². The number of carbonyl (C=O) groups excluding carboxylic acids is 2. The lowest BCUT2D eigenvalue weighted by Gasteiger charge is -2.28. The molecule has 0 saturated heterocycles. The van der Waals surface area contributed by atoms with Gasteiger partial charge in [-0.05, 0) is 50.6 Å². The van der Waals surface area contributed by atoms with Crippen LogP contribution in [0.1, 0.15) is 42.7 Å². The first-order valence-electron chi connectivity index (χ1n) is 7.90. The van der Waals surface area contributed by atoms with E-state index in [0.29, 0.717) is 17.8 Å². The molecular weight excluding hydrogens is 304 g/mol. The number of anilines is 1. The number of phenols is 1. The molecule has 0 radical (unpaired) electrons. The molecule has 2 aromatic carbocycles. The summed E-state index contributed by atoms with van der Waals surface area (Å²) in [6.07, 6.45) is 0. The number of benzene rings is 2. The van der Waals surface area contributed by atoms with E-state index in [0.717, 1.165) is 5.56 Å². The number of rotatable bonds is 5. The molecule has 2 rings (SSSR count). The van der Waals surface area contributed by atoms with Gasteiger partial charge < -0.3 is 15.3 Å². The Kier molecular flexibility index (Phi) is 5.58. The average Bonchev–Trinajstić information content (AvgIpc) is 2.55. The van der Waals surface area contributed by atoms with E-state index < -0.39 is 0 Å². The molecule has 126 valence electrons. The van der Waals surface area contributed by atoms with Crippen LogP contribution in [0.5, 0.6) is 5.75 Å². The van der Waals surface area contributed by atoms with Crippen molar-refractivity contribution < 1.29 is 14.7 Å². The maximum atomic E-state index is 12.6. The summed E-state index contributed by atoms with van der Waals surface area (Å²) in [5.41, 5.74) is 1.98. The molecule has 5 heteroatoms. The molecule has 0 fully saturated rings. The third-order valence-electron chi connectivity index (χ3n) is 3.94. The number of ketones is 1. The third kappa shape index (κ3) is 4.13. The zero-order valence-electron chi connectivity index (χ0n) is 14.1. The standard InChI is InChI=1S/C19H22N2O3/c1-4-21(13(2)15-7-6-10-18(23)12-15)19(24)20-17-9-5-8-16(11-17)14(3)22/h5-13,23H,4H2,1-3H3,(H,20,24). The summed E-state index contributed by atoms with van der Waals surface area (Å²) in [5.74, 6) is 0.122. The molecule has 2 amide bonds. The minimum absolute atomic E-state index is 0.0495. The highest BCUT2D eigenvalue weighted by molar-refractivity contribution is 5.96. The minimum atomic E-state index is -0.256. The van der Waals surface area contributed by atoms with E-state index >= 15 is 0 Å². The SMILES string of the molecule is CCN(C(=O)Nc1cccc(C(C)=O)c1)C(C)c1cccc(O)c1. The topological polar surface area (TPSA) is 69.6 Å². The Balaban J connectivity index is 2.17. The molecule has 0 aliphatic heterocycles. The molecule has 24 heavy (non-hydrogen) atoms. The second-order valence-corrected chi connectivity index (χ2v) is 5.62. The fourth-order valence-electron chi connectivity index (χ4n) is 2.57. The van der Waals surface area contributed by atoms with Gasteiger partial charge in [0.2, 0.25) is 0 Å². The quantitative estimate of drug-likeness (QED) is 0.809. The van der Waals surface area contributed by atoms with Crippen LogP contribution >= 0.6 is 0 Å². The van der Waals surface area contributed by atoms with Crippen LogP contribution < -0.4 is 5.32 Å². The molecule has 5 nitrogen and oxygen atoms in total. The number of hydrogen-bond donors (Lipinski definition) is 2. The summed E-state index contributed by atoms with van der Waals surface area (Å²) in [4.78, 5) is 25.7. The molecule has 0 bridgehead atoms. The van der Waals surface area contributed by atoms with E-state index in [-0.39, 0.29) is 23.6 Å². The maximum Gasteiger partial charge on any atom is 0.322 e. The Morgan fingerprint density at radius 3 is 2.50 bits per heavy atom. The van der Waals surface area contributed by atoms with Crippen LogP contribution in [0, 0.1) is 0 Å². The van der Waals surface area contributed by atoms with Crippen LogP contribution in [-0.4, -0.2) is 28.4 Å². The van der Waals surface area contributed by atoms with Gasteiger partial charge >= 0.3 is 6.03 Å². The lowest BCUT2D eigenvalue weighted by atomic mass is 10.1. The molecule has 1 atom stereocenters. The first-order valence-corrected chi connectivity index (χ1v) is 7.90. The van der Waals surface area contributed by atoms with E-state index in [4.69, 9.17) is 0 Å². The summed E-state index contributed by atoms with van der Waals surface area (Å²) in [6, 6.07) is 13.3. The number of amides is 2. The number of urea groups is 1. The number of nitrogens with zero attached hydrogens (tertiary/aromatic N) is 1. The van der Waals surface area contributed by atoms with E-state index in [1.165, 1.54) is 6.92 Å². The molecule has 2 aromatic rings. The Hall–Kier alpha value is -2.82. The maximum absolute atomic E-state index is 12.6.